The van der Waals surface area contributed by atoms with Crippen LogP contribution in [0.15, 0.2) is 77.2 Å². The lowest BCUT2D eigenvalue weighted by Gasteiger charge is -2.19. The Bertz CT molecular complexity index is 1200. The van der Waals surface area contributed by atoms with E-state index >= 15 is 0 Å². The molecule has 0 atom stereocenters. The molecule has 0 saturated carbocycles. The van der Waals surface area contributed by atoms with Crippen molar-refractivity contribution >= 4 is 34.4 Å². The molecule has 4 rings (SSSR count). The molecule has 2 aromatic carbocycles. The molecule has 30 heavy (non-hydrogen) atoms. The number of thiophene rings is 1. The Morgan fingerprint density at radius 1 is 1.03 bits per heavy atom. The van der Waals surface area contributed by atoms with E-state index in [1.807, 2.05) is 47.8 Å². The summed E-state index contributed by atoms with van der Waals surface area (Å²) in [7, 11) is 0. The van der Waals surface area contributed by atoms with E-state index in [4.69, 9.17) is 4.98 Å². The number of hydrogen-bond donors (Lipinski definition) is 1. The summed E-state index contributed by atoms with van der Waals surface area (Å²) in [6, 6.07) is 21.8. The molecule has 4 aromatic rings. The Hall–Kier alpha value is -3.31. The Morgan fingerprint density at radius 2 is 1.80 bits per heavy atom. The first-order valence-corrected chi connectivity index (χ1v) is 10.7. The number of nitrogens with zero attached hydrogens (tertiary/aromatic N) is 2. The fourth-order valence-electron chi connectivity index (χ4n) is 3.23. The van der Waals surface area contributed by atoms with Gasteiger partial charge in [0.2, 0.25) is 0 Å². The predicted octanol–water partition coefficient (Wildman–Crippen LogP) is 6.02. The summed E-state index contributed by atoms with van der Waals surface area (Å²) >= 11 is 1.56. The monoisotopic (exact) mass is 413 g/mol. The Balaban J connectivity index is 1.70. The highest BCUT2D eigenvalue weighted by atomic mass is 32.1. The first-order valence-electron chi connectivity index (χ1n) is 9.79. The maximum Gasteiger partial charge on any atom is 0.272 e. The lowest BCUT2D eigenvalue weighted by Crippen LogP contribution is -2.18. The van der Waals surface area contributed by atoms with Gasteiger partial charge in [-0.25, -0.2) is 10.4 Å². The van der Waals surface area contributed by atoms with E-state index < -0.39 is 0 Å². The molecular weight excluding hydrogens is 390 g/mol. The highest BCUT2D eigenvalue weighted by Gasteiger charge is 2.16. The number of para-hydroxylation sites is 1. The average molecular weight is 414 g/mol. The summed E-state index contributed by atoms with van der Waals surface area (Å²) in [4.78, 5) is 18.7. The minimum Gasteiger partial charge on any atom is -0.267 e. The van der Waals surface area contributed by atoms with E-state index in [1.54, 1.807) is 17.6 Å². The summed E-state index contributed by atoms with van der Waals surface area (Å²) in [5, 5.41) is 6.87. The van der Waals surface area contributed by atoms with Crippen molar-refractivity contribution in [1.82, 2.24) is 10.4 Å². The molecule has 0 aliphatic rings. The number of hydrogen-bond acceptors (Lipinski definition) is 4. The van der Waals surface area contributed by atoms with Crippen LogP contribution in [0.25, 0.3) is 22.2 Å². The Labute approximate surface area is 180 Å². The topological polar surface area (TPSA) is 54.4 Å². The highest BCUT2D eigenvalue weighted by molar-refractivity contribution is 7.11. The lowest BCUT2D eigenvalue weighted by atomic mass is 9.86. The van der Waals surface area contributed by atoms with Gasteiger partial charge in [0.15, 0.2) is 0 Å². The fourth-order valence-corrected chi connectivity index (χ4v) is 3.82. The third kappa shape index (κ3) is 4.31. The largest absolute Gasteiger partial charge is 0.272 e. The van der Waals surface area contributed by atoms with Crippen LogP contribution in [0, 0.1) is 0 Å². The lowest BCUT2D eigenvalue weighted by molar-refractivity contribution is 0.0956. The van der Waals surface area contributed by atoms with E-state index in [-0.39, 0.29) is 11.3 Å². The minimum absolute atomic E-state index is 0.0843. The Morgan fingerprint density at radius 3 is 2.50 bits per heavy atom. The van der Waals surface area contributed by atoms with Gasteiger partial charge in [0.05, 0.1) is 23.0 Å². The van der Waals surface area contributed by atoms with Crippen LogP contribution >= 0.6 is 11.3 Å². The summed E-state index contributed by atoms with van der Waals surface area (Å²) in [6.07, 6.45) is 1.65. The van der Waals surface area contributed by atoms with Gasteiger partial charge in [0.1, 0.15) is 0 Å². The van der Waals surface area contributed by atoms with E-state index in [0.717, 1.165) is 27.0 Å². The van der Waals surface area contributed by atoms with Crippen LogP contribution in [-0.2, 0) is 5.41 Å². The minimum atomic E-state index is -0.256. The van der Waals surface area contributed by atoms with Crippen molar-refractivity contribution in [3.63, 3.8) is 0 Å². The number of benzene rings is 2. The highest BCUT2D eigenvalue weighted by Crippen LogP contribution is 2.28. The first-order chi connectivity index (χ1) is 14.4. The predicted molar refractivity (Wildman–Crippen MR) is 125 cm³/mol. The zero-order valence-electron chi connectivity index (χ0n) is 17.2. The zero-order chi connectivity index (χ0) is 21.1. The summed E-state index contributed by atoms with van der Waals surface area (Å²) < 4.78 is 0. The van der Waals surface area contributed by atoms with Crippen molar-refractivity contribution in [2.75, 3.05) is 0 Å². The maximum absolute atomic E-state index is 12.9. The smallest absolute Gasteiger partial charge is 0.267 e. The quantitative estimate of drug-likeness (QED) is 0.328. The van der Waals surface area contributed by atoms with Crippen molar-refractivity contribution in [1.29, 1.82) is 0 Å². The molecule has 0 unspecified atom stereocenters. The van der Waals surface area contributed by atoms with Crippen LogP contribution < -0.4 is 5.43 Å². The molecule has 150 valence electrons. The van der Waals surface area contributed by atoms with Gasteiger partial charge in [0.25, 0.3) is 5.91 Å². The molecule has 2 heterocycles. The number of nitrogens with one attached hydrogen (secondary N) is 1. The number of carbonyl (C=O) groups excluding carboxylic acids is 1. The van der Waals surface area contributed by atoms with E-state index in [2.05, 4.69) is 55.6 Å². The number of aromatic nitrogens is 1. The number of amides is 1. The van der Waals surface area contributed by atoms with E-state index in [9.17, 15) is 4.79 Å². The molecule has 0 spiro atoms. The molecule has 1 N–H and O–H groups in total. The zero-order valence-corrected chi connectivity index (χ0v) is 18.0. The van der Waals surface area contributed by atoms with Crippen LogP contribution in [0.4, 0.5) is 0 Å². The van der Waals surface area contributed by atoms with Crippen LogP contribution in [0.1, 0.15) is 41.6 Å². The SMILES string of the molecule is CC(C)(C)c1ccc(-c2cc(C(=O)N/N=C/c3cccs3)c3ccccc3n2)cc1. The summed E-state index contributed by atoms with van der Waals surface area (Å²) in [5.74, 6) is -0.256. The van der Waals surface area contributed by atoms with Crippen molar-refractivity contribution in [2.45, 2.75) is 26.2 Å². The molecule has 0 aliphatic carbocycles. The van der Waals surface area contributed by atoms with Gasteiger partial charge in [-0.05, 0) is 34.6 Å². The second-order valence-corrected chi connectivity index (χ2v) is 9.09. The maximum atomic E-state index is 12.9. The van der Waals surface area contributed by atoms with Crippen molar-refractivity contribution in [3.8, 4) is 11.3 Å². The van der Waals surface area contributed by atoms with Gasteiger partial charge in [-0.2, -0.15) is 5.10 Å². The normalized spacial score (nSPS) is 11.8. The van der Waals surface area contributed by atoms with Gasteiger partial charge in [0, 0.05) is 15.8 Å². The number of pyridine rings is 1. The van der Waals surface area contributed by atoms with Gasteiger partial charge in [-0.1, -0.05) is 69.3 Å². The molecule has 0 aliphatic heterocycles. The third-order valence-electron chi connectivity index (χ3n) is 4.91. The van der Waals surface area contributed by atoms with Gasteiger partial charge in [-0.3, -0.25) is 4.79 Å². The van der Waals surface area contributed by atoms with Crippen molar-refractivity contribution in [2.24, 2.45) is 5.10 Å². The van der Waals surface area contributed by atoms with Crippen LogP contribution in [0.2, 0.25) is 0 Å². The number of rotatable bonds is 4. The second kappa shape index (κ2) is 8.20. The molecule has 0 saturated heterocycles. The van der Waals surface area contributed by atoms with Crippen molar-refractivity contribution in [3.05, 3.63) is 88.1 Å². The van der Waals surface area contributed by atoms with Crippen molar-refractivity contribution < 1.29 is 4.79 Å². The Kier molecular flexibility index (Phi) is 5.46. The molecule has 0 radical (unpaired) electrons. The summed E-state index contributed by atoms with van der Waals surface area (Å²) in [5.41, 5.74) is 7.06. The van der Waals surface area contributed by atoms with E-state index in [1.165, 1.54) is 5.56 Å². The van der Waals surface area contributed by atoms with E-state index in [0.29, 0.717) is 5.56 Å². The molecule has 0 bridgehead atoms. The third-order valence-corrected chi connectivity index (χ3v) is 5.72. The molecule has 1 amide bonds. The fraction of sp³-hybridized carbons (Fsp3) is 0.160. The molecular formula is C25H23N3OS. The summed E-state index contributed by atoms with van der Waals surface area (Å²) in [6.45, 7) is 6.57. The molecule has 2 aromatic heterocycles. The van der Waals surface area contributed by atoms with Gasteiger partial charge in [-0.15, -0.1) is 11.3 Å². The molecule has 4 nitrogen and oxygen atoms in total. The number of hydrazone groups is 1. The van der Waals surface area contributed by atoms with Gasteiger partial charge < -0.3 is 0 Å². The number of fused-ring (bicyclic) bond motifs is 1. The van der Waals surface area contributed by atoms with Gasteiger partial charge >= 0.3 is 0 Å². The number of carbonyl (C=O) groups is 1. The van der Waals surface area contributed by atoms with Crippen LogP contribution in [0.3, 0.4) is 0 Å². The average Bonchev–Trinajstić information content (AvgIpc) is 3.26. The standard InChI is InChI=1S/C25H23N3OS/c1-25(2,3)18-12-10-17(11-13-18)23-15-21(20-8-4-5-9-22(20)27-23)24(29)28-26-16-19-7-6-14-30-19/h4-16H,1-3H3,(H,28,29)/b26-16+. The van der Waals surface area contributed by atoms with Crippen LogP contribution in [0.5, 0.6) is 0 Å². The molecule has 5 heteroatoms. The molecule has 0 fully saturated rings. The first kappa shape index (κ1) is 20.0. The second-order valence-electron chi connectivity index (χ2n) is 8.11. The van der Waals surface area contributed by atoms with Crippen LogP contribution in [-0.4, -0.2) is 17.1 Å².